The number of nitrogens with zero attached hydrogens (tertiary/aromatic N) is 7. The topological polar surface area (TPSA) is 88.3 Å². The summed E-state index contributed by atoms with van der Waals surface area (Å²) in [4.78, 5) is 36.1. The number of halogens is 1. The van der Waals surface area contributed by atoms with Crippen LogP contribution >= 0.6 is 0 Å². The summed E-state index contributed by atoms with van der Waals surface area (Å²) in [6, 6.07) is 6.02. The third-order valence-electron chi connectivity index (χ3n) is 8.31. The van der Waals surface area contributed by atoms with Crippen LogP contribution in [0.15, 0.2) is 43.0 Å². The lowest BCUT2D eigenvalue weighted by Gasteiger charge is -2.41. The molecule has 0 unspecified atom stereocenters. The fraction of sp³-hybridized carbons (Fsp3) is 0.469. The number of aromatic nitrogens is 3. The molecule has 0 N–H and O–H groups in total. The molecule has 1 saturated carbocycles. The third-order valence-corrected chi connectivity index (χ3v) is 8.31. The molecule has 2 aliphatic heterocycles. The van der Waals surface area contributed by atoms with Crippen molar-refractivity contribution in [3.05, 3.63) is 71.2 Å². The molecule has 2 atom stereocenters. The van der Waals surface area contributed by atoms with Gasteiger partial charge in [-0.1, -0.05) is 24.8 Å². The van der Waals surface area contributed by atoms with E-state index in [1.807, 2.05) is 25.4 Å². The van der Waals surface area contributed by atoms with E-state index in [0.29, 0.717) is 38.8 Å². The van der Waals surface area contributed by atoms with Crippen LogP contribution in [0.1, 0.15) is 36.6 Å². The van der Waals surface area contributed by atoms with Gasteiger partial charge in [-0.2, -0.15) is 9.97 Å². The second-order valence-corrected chi connectivity index (χ2v) is 11.6. The highest BCUT2D eigenvalue weighted by Crippen LogP contribution is 2.35. The molecule has 2 aromatic heterocycles. The second kappa shape index (κ2) is 12.1. The van der Waals surface area contributed by atoms with Crippen LogP contribution in [0, 0.1) is 13.5 Å². The Bertz CT molecular complexity index is 1580. The van der Waals surface area contributed by atoms with Crippen LogP contribution < -0.4 is 14.5 Å². The number of carbonyl (C=O) groups is 1. The number of amides is 1. The van der Waals surface area contributed by atoms with Gasteiger partial charge >= 0.3 is 6.01 Å². The first-order valence-electron chi connectivity index (χ1n) is 14.8. The summed E-state index contributed by atoms with van der Waals surface area (Å²) in [6.07, 6.45) is 6.75. The van der Waals surface area contributed by atoms with Crippen molar-refractivity contribution in [3.63, 3.8) is 0 Å². The number of rotatable bonds is 9. The summed E-state index contributed by atoms with van der Waals surface area (Å²) in [6.45, 7) is 17.5. The van der Waals surface area contributed by atoms with Crippen LogP contribution in [-0.4, -0.2) is 83.3 Å². The lowest BCUT2D eigenvalue weighted by atomic mass is 10.0. The van der Waals surface area contributed by atoms with Gasteiger partial charge in [-0.25, -0.2) is 11.0 Å². The van der Waals surface area contributed by atoms with E-state index in [-0.39, 0.29) is 25.2 Å². The Morgan fingerprint density at radius 3 is 2.81 bits per heavy atom. The van der Waals surface area contributed by atoms with Crippen molar-refractivity contribution in [2.24, 2.45) is 0 Å². The van der Waals surface area contributed by atoms with Gasteiger partial charge < -0.3 is 29.0 Å². The molecule has 3 aliphatic rings. The van der Waals surface area contributed by atoms with E-state index in [1.54, 1.807) is 0 Å². The number of anilines is 2. The molecule has 43 heavy (non-hydrogen) atoms. The smallest absolute Gasteiger partial charge is 0.319 e. The number of carbonyl (C=O) groups excluding carboxylic acids is 1. The number of ether oxygens (including phenoxy) is 2. The van der Waals surface area contributed by atoms with Gasteiger partial charge in [0.15, 0.2) is 5.83 Å². The number of hydrogen-bond acceptors (Lipinski definition) is 8. The zero-order valence-electron chi connectivity index (χ0n) is 24.6. The maximum absolute atomic E-state index is 13.8. The van der Waals surface area contributed by atoms with Gasteiger partial charge in [-0.3, -0.25) is 9.78 Å². The Kier molecular flexibility index (Phi) is 8.13. The number of pyridine rings is 1. The molecule has 0 bridgehead atoms. The van der Waals surface area contributed by atoms with E-state index in [4.69, 9.17) is 26.0 Å². The highest BCUT2D eigenvalue weighted by atomic mass is 19.1. The summed E-state index contributed by atoms with van der Waals surface area (Å²) in [5.41, 5.74) is 4.13. The van der Waals surface area contributed by atoms with Gasteiger partial charge in [-0.05, 0) is 38.7 Å². The predicted octanol–water partition coefficient (Wildman–Crippen LogP) is 4.26. The molecule has 3 aromatic rings. The fourth-order valence-corrected chi connectivity index (χ4v) is 6.00. The summed E-state index contributed by atoms with van der Waals surface area (Å²) < 4.78 is 25.9. The summed E-state index contributed by atoms with van der Waals surface area (Å²) >= 11 is 0. The van der Waals surface area contributed by atoms with E-state index >= 15 is 0 Å². The van der Waals surface area contributed by atoms with Crippen LogP contribution in [0.2, 0.25) is 0 Å². The quantitative estimate of drug-likeness (QED) is 0.272. The van der Waals surface area contributed by atoms with Crippen LogP contribution in [-0.2, 0) is 22.5 Å². The van der Waals surface area contributed by atoms with Crippen LogP contribution in [0.3, 0.4) is 0 Å². The number of hydrogen-bond donors (Lipinski definition) is 0. The first-order chi connectivity index (χ1) is 20.8. The first kappa shape index (κ1) is 28.8. The number of benzene rings is 1. The molecule has 6 rings (SSSR count). The van der Waals surface area contributed by atoms with Gasteiger partial charge in [-0.15, -0.1) is 0 Å². The molecule has 11 heteroatoms. The van der Waals surface area contributed by atoms with Crippen molar-refractivity contribution >= 4 is 28.2 Å². The standard InChI is InChI=1S/C32H36FN7O3/c1-20-6-5-7-23-14-35-16-28(29(20)23)38-11-10-26-27(18-38)36-32(43-21(2)19-42-25-8-9-25)37-30(26)39-12-13-40(31(41)22(3)33)24(17-39)15-34-4/h5-7,14,16,21,24-25H,3,8-13,15,17-19H2,1-2H3/t21-,24+/m1/s1. The molecule has 1 saturated heterocycles. The first-order valence-corrected chi connectivity index (χ1v) is 14.8. The number of fused-ring (bicyclic) bond motifs is 2. The molecular formula is C32H36FN7O3. The lowest BCUT2D eigenvalue weighted by Crippen LogP contribution is -2.57. The lowest BCUT2D eigenvalue weighted by molar-refractivity contribution is -0.131. The number of aryl methyl sites for hydroxylation is 1. The molecule has 2 fully saturated rings. The van der Waals surface area contributed by atoms with E-state index < -0.39 is 17.8 Å². The van der Waals surface area contributed by atoms with Gasteiger partial charge in [0.25, 0.3) is 5.91 Å². The largest absolute Gasteiger partial charge is 0.458 e. The van der Waals surface area contributed by atoms with E-state index in [9.17, 15) is 9.18 Å². The molecule has 224 valence electrons. The average Bonchev–Trinajstić information content (AvgIpc) is 3.84. The Balaban J connectivity index is 1.33. The third kappa shape index (κ3) is 6.11. The zero-order chi connectivity index (χ0) is 30.1. The Morgan fingerprint density at radius 1 is 1.21 bits per heavy atom. The molecule has 0 spiro atoms. The van der Waals surface area contributed by atoms with Crippen molar-refractivity contribution in [2.45, 2.75) is 57.9 Å². The van der Waals surface area contributed by atoms with E-state index in [2.05, 4.69) is 45.3 Å². The second-order valence-electron chi connectivity index (χ2n) is 11.6. The van der Waals surface area contributed by atoms with E-state index in [1.165, 1.54) is 15.8 Å². The maximum Gasteiger partial charge on any atom is 0.319 e. The minimum atomic E-state index is -1.01. The van der Waals surface area contributed by atoms with E-state index in [0.717, 1.165) is 47.5 Å². The minimum Gasteiger partial charge on any atom is -0.458 e. The molecule has 0 radical (unpaired) electrons. The van der Waals surface area contributed by atoms with Crippen molar-refractivity contribution in [1.29, 1.82) is 0 Å². The highest BCUT2D eigenvalue weighted by Gasteiger charge is 2.36. The molecule has 10 nitrogen and oxygen atoms in total. The van der Waals surface area contributed by atoms with Crippen molar-refractivity contribution in [2.75, 3.05) is 49.1 Å². The molecule has 1 aromatic carbocycles. The Hall–Kier alpha value is -4.30. The molecule has 1 amide bonds. The van der Waals surface area contributed by atoms with Crippen molar-refractivity contribution in [1.82, 2.24) is 19.9 Å². The van der Waals surface area contributed by atoms with Crippen LogP contribution in [0.4, 0.5) is 15.9 Å². The highest BCUT2D eigenvalue weighted by molar-refractivity contribution is 5.96. The van der Waals surface area contributed by atoms with Gasteiger partial charge in [0.1, 0.15) is 18.0 Å². The SMILES string of the molecule is [C-]#[N+]C[C@H]1CN(c2nc(O[C@H](C)COC3CC3)nc3c2CCN(c2cncc4cccc(C)c24)C3)CCN1C(=O)C(=C)F. The fourth-order valence-electron chi connectivity index (χ4n) is 6.00. The minimum absolute atomic E-state index is 0.0584. The van der Waals surface area contributed by atoms with Crippen LogP contribution in [0.25, 0.3) is 15.6 Å². The monoisotopic (exact) mass is 585 g/mol. The van der Waals surface area contributed by atoms with Gasteiger partial charge in [0.2, 0.25) is 6.54 Å². The van der Waals surface area contributed by atoms with Crippen molar-refractivity contribution in [3.8, 4) is 6.01 Å². The van der Waals surface area contributed by atoms with Crippen molar-refractivity contribution < 1.29 is 18.7 Å². The summed E-state index contributed by atoms with van der Waals surface area (Å²) in [5, 5.41) is 2.27. The Labute approximate surface area is 250 Å². The van der Waals surface area contributed by atoms with Gasteiger partial charge in [0.05, 0.1) is 36.8 Å². The average molecular weight is 586 g/mol. The number of piperazine rings is 1. The normalized spacial score (nSPS) is 19.1. The zero-order valence-corrected chi connectivity index (χ0v) is 24.6. The molecule has 1 aliphatic carbocycles. The summed E-state index contributed by atoms with van der Waals surface area (Å²) in [7, 11) is 0. The van der Waals surface area contributed by atoms with Gasteiger partial charge in [0, 0.05) is 48.7 Å². The molecular weight excluding hydrogens is 549 g/mol. The predicted molar refractivity (Wildman–Crippen MR) is 162 cm³/mol. The maximum atomic E-state index is 13.8. The summed E-state index contributed by atoms with van der Waals surface area (Å²) in [5.74, 6) is -1.04. The van der Waals surface area contributed by atoms with Crippen LogP contribution in [0.5, 0.6) is 6.01 Å². The molecule has 4 heterocycles. The Morgan fingerprint density at radius 2 is 2.05 bits per heavy atom.